The lowest BCUT2D eigenvalue weighted by Crippen LogP contribution is -2.27. The van der Waals surface area contributed by atoms with Gasteiger partial charge in [0, 0.05) is 5.39 Å². The molecular weight excluding hydrogens is 194 g/mol. The standard InChI is InChI=1S/C11H13NO3/c13-5-8(6-14)12-10-7-15-11-4-2-1-3-9(10)11/h1-4,7-8,12-14H,5-6H2. The molecule has 0 aliphatic carbocycles. The van der Waals surface area contributed by atoms with Crippen LogP contribution in [0.15, 0.2) is 34.9 Å². The normalized spacial score (nSPS) is 11.1. The van der Waals surface area contributed by atoms with Crippen LogP contribution in [0, 0.1) is 0 Å². The summed E-state index contributed by atoms with van der Waals surface area (Å²) < 4.78 is 5.31. The number of hydrogen-bond acceptors (Lipinski definition) is 4. The van der Waals surface area contributed by atoms with Crippen LogP contribution in [0.1, 0.15) is 0 Å². The van der Waals surface area contributed by atoms with Gasteiger partial charge < -0.3 is 19.9 Å². The molecule has 0 amide bonds. The number of fused-ring (bicyclic) bond motifs is 1. The molecule has 15 heavy (non-hydrogen) atoms. The summed E-state index contributed by atoms with van der Waals surface area (Å²) in [4.78, 5) is 0. The smallest absolute Gasteiger partial charge is 0.136 e. The molecule has 0 saturated carbocycles. The topological polar surface area (TPSA) is 65.6 Å². The molecule has 0 unspecified atom stereocenters. The van der Waals surface area contributed by atoms with Crippen molar-refractivity contribution in [3.8, 4) is 0 Å². The van der Waals surface area contributed by atoms with Crippen molar-refractivity contribution in [1.29, 1.82) is 0 Å². The van der Waals surface area contributed by atoms with Crippen LogP contribution in [-0.4, -0.2) is 29.5 Å². The molecule has 4 heteroatoms. The Morgan fingerprint density at radius 2 is 1.93 bits per heavy atom. The molecule has 80 valence electrons. The first-order valence-electron chi connectivity index (χ1n) is 4.79. The van der Waals surface area contributed by atoms with Crippen molar-refractivity contribution >= 4 is 16.7 Å². The predicted octanol–water partition coefficient (Wildman–Crippen LogP) is 1.20. The lowest BCUT2D eigenvalue weighted by molar-refractivity contribution is 0.204. The Hall–Kier alpha value is -1.52. The molecular formula is C11H13NO3. The number of para-hydroxylation sites is 1. The highest BCUT2D eigenvalue weighted by Gasteiger charge is 2.09. The molecule has 2 aromatic rings. The number of aliphatic hydroxyl groups excluding tert-OH is 2. The summed E-state index contributed by atoms with van der Waals surface area (Å²) in [6.07, 6.45) is 1.59. The summed E-state index contributed by atoms with van der Waals surface area (Å²) in [6, 6.07) is 7.24. The Balaban J connectivity index is 2.28. The third kappa shape index (κ3) is 1.95. The van der Waals surface area contributed by atoms with Crippen molar-refractivity contribution in [2.75, 3.05) is 18.5 Å². The van der Waals surface area contributed by atoms with Crippen molar-refractivity contribution in [1.82, 2.24) is 0 Å². The maximum atomic E-state index is 8.94. The highest BCUT2D eigenvalue weighted by atomic mass is 16.3. The molecule has 0 atom stereocenters. The fourth-order valence-corrected chi connectivity index (χ4v) is 1.46. The van der Waals surface area contributed by atoms with Gasteiger partial charge in [0.25, 0.3) is 0 Å². The highest BCUT2D eigenvalue weighted by molar-refractivity contribution is 5.90. The van der Waals surface area contributed by atoms with E-state index in [0.717, 1.165) is 16.7 Å². The van der Waals surface area contributed by atoms with Crippen molar-refractivity contribution in [3.63, 3.8) is 0 Å². The Bertz CT molecular complexity index is 434. The molecule has 2 rings (SSSR count). The number of furan rings is 1. The second kappa shape index (κ2) is 4.33. The molecule has 3 N–H and O–H groups in total. The monoisotopic (exact) mass is 207 g/mol. The number of anilines is 1. The van der Waals surface area contributed by atoms with Gasteiger partial charge in [-0.05, 0) is 12.1 Å². The molecule has 0 radical (unpaired) electrons. The van der Waals surface area contributed by atoms with Crippen LogP contribution in [0.5, 0.6) is 0 Å². The zero-order valence-corrected chi connectivity index (χ0v) is 8.18. The van der Waals surface area contributed by atoms with Crippen LogP contribution in [0.2, 0.25) is 0 Å². The summed E-state index contributed by atoms with van der Waals surface area (Å²) in [5.74, 6) is 0. The van der Waals surface area contributed by atoms with Crippen LogP contribution in [0.3, 0.4) is 0 Å². The van der Waals surface area contributed by atoms with Gasteiger partial charge in [-0.15, -0.1) is 0 Å². The predicted molar refractivity (Wildman–Crippen MR) is 57.8 cm³/mol. The fraction of sp³-hybridized carbons (Fsp3) is 0.273. The van der Waals surface area contributed by atoms with Gasteiger partial charge in [-0.3, -0.25) is 0 Å². The molecule has 0 aliphatic rings. The summed E-state index contributed by atoms with van der Waals surface area (Å²) >= 11 is 0. The first kappa shape index (κ1) is 10.0. The minimum absolute atomic E-state index is 0.115. The van der Waals surface area contributed by atoms with Gasteiger partial charge in [-0.2, -0.15) is 0 Å². The van der Waals surface area contributed by atoms with E-state index in [1.54, 1.807) is 6.26 Å². The third-order valence-corrected chi connectivity index (χ3v) is 2.28. The summed E-state index contributed by atoms with van der Waals surface area (Å²) in [5.41, 5.74) is 1.58. The van der Waals surface area contributed by atoms with E-state index in [1.165, 1.54) is 0 Å². The van der Waals surface area contributed by atoms with Crippen LogP contribution < -0.4 is 5.32 Å². The largest absolute Gasteiger partial charge is 0.462 e. The van der Waals surface area contributed by atoms with E-state index in [2.05, 4.69) is 5.32 Å². The van der Waals surface area contributed by atoms with E-state index in [9.17, 15) is 0 Å². The van der Waals surface area contributed by atoms with Gasteiger partial charge in [0.1, 0.15) is 11.8 Å². The lowest BCUT2D eigenvalue weighted by Gasteiger charge is -2.12. The van der Waals surface area contributed by atoms with E-state index >= 15 is 0 Å². The second-order valence-corrected chi connectivity index (χ2v) is 3.35. The average molecular weight is 207 g/mol. The van der Waals surface area contributed by atoms with Crippen LogP contribution >= 0.6 is 0 Å². The molecule has 4 nitrogen and oxygen atoms in total. The molecule has 0 saturated heterocycles. The van der Waals surface area contributed by atoms with Gasteiger partial charge in [0.2, 0.25) is 0 Å². The summed E-state index contributed by atoms with van der Waals surface area (Å²) in [5, 5.41) is 21.8. The Labute approximate surface area is 87.1 Å². The maximum Gasteiger partial charge on any atom is 0.136 e. The third-order valence-electron chi connectivity index (χ3n) is 2.28. The zero-order chi connectivity index (χ0) is 10.7. The van der Waals surface area contributed by atoms with E-state index < -0.39 is 0 Å². The van der Waals surface area contributed by atoms with Gasteiger partial charge >= 0.3 is 0 Å². The van der Waals surface area contributed by atoms with Crippen molar-refractivity contribution in [3.05, 3.63) is 30.5 Å². The van der Waals surface area contributed by atoms with Gasteiger partial charge in [0.05, 0.1) is 24.9 Å². The molecule has 1 aromatic heterocycles. The minimum atomic E-state index is -0.356. The van der Waals surface area contributed by atoms with Gasteiger partial charge in [0.15, 0.2) is 0 Å². The van der Waals surface area contributed by atoms with Crippen molar-refractivity contribution in [2.24, 2.45) is 0 Å². The first-order chi connectivity index (χ1) is 7.35. The Morgan fingerprint density at radius 1 is 1.20 bits per heavy atom. The number of rotatable bonds is 4. The van der Waals surface area contributed by atoms with E-state index in [-0.39, 0.29) is 19.3 Å². The van der Waals surface area contributed by atoms with Crippen LogP contribution in [0.4, 0.5) is 5.69 Å². The first-order valence-corrected chi connectivity index (χ1v) is 4.79. The van der Waals surface area contributed by atoms with Gasteiger partial charge in [-0.25, -0.2) is 0 Å². The summed E-state index contributed by atoms with van der Waals surface area (Å²) in [6.45, 7) is -0.230. The maximum absolute atomic E-state index is 8.94. The van der Waals surface area contributed by atoms with Crippen molar-refractivity contribution < 1.29 is 14.6 Å². The molecule has 0 spiro atoms. The highest BCUT2D eigenvalue weighted by Crippen LogP contribution is 2.25. The minimum Gasteiger partial charge on any atom is -0.462 e. The quantitative estimate of drug-likeness (QED) is 0.704. The van der Waals surface area contributed by atoms with E-state index in [4.69, 9.17) is 14.6 Å². The van der Waals surface area contributed by atoms with E-state index in [0.29, 0.717) is 0 Å². The van der Waals surface area contributed by atoms with Crippen LogP contribution in [0.25, 0.3) is 11.0 Å². The van der Waals surface area contributed by atoms with Crippen molar-refractivity contribution in [2.45, 2.75) is 6.04 Å². The Morgan fingerprint density at radius 3 is 2.67 bits per heavy atom. The molecule has 0 fully saturated rings. The molecule has 1 aromatic carbocycles. The second-order valence-electron chi connectivity index (χ2n) is 3.35. The zero-order valence-electron chi connectivity index (χ0n) is 8.18. The number of benzene rings is 1. The number of nitrogens with one attached hydrogen (secondary N) is 1. The SMILES string of the molecule is OCC(CO)Nc1coc2ccccc12. The molecule has 0 aliphatic heterocycles. The average Bonchev–Trinajstić information content (AvgIpc) is 2.69. The molecule has 1 heterocycles. The van der Waals surface area contributed by atoms with E-state index in [1.807, 2.05) is 24.3 Å². The summed E-state index contributed by atoms with van der Waals surface area (Å²) in [7, 11) is 0. The van der Waals surface area contributed by atoms with Crippen LogP contribution in [-0.2, 0) is 0 Å². The lowest BCUT2D eigenvalue weighted by atomic mass is 10.2. The Kier molecular flexibility index (Phi) is 2.89. The molecule has 0 bridgehead atoms. The number of hydrogen-bond donors (Lipinski definition) is 3. The fourth-order valence-electron chi connectivity index (χ4n) is 1.46. The number of aliphatic hydroxyl groups is 2. The van der Waals surface area contributed by atoms with Gasteiger partial charge in [-0.1, -0.05) is 12.1 Å².